The number of carbonyl (C=O) groups excluding carboxylic acids is 2. The second kappa shape index (κ2) is 4.62. The van der Waals surface area contributed by atoms with Gasteiger partial charge in [-0.2, -0.15) is 0 Å². The summed E-state index contributed by atoms with van der Waals surface area (Å²) in [6.07, 6.45) is 0. The number of hydrogen-bond donors (Lipinski definition) is 0. The Morgan fingerprint density at radius 1 is 1.29 bits per heavy atom. The zero-order chi connectivity index (χ0) is 12.6. The first-order valence-electron chi connectivity index (χ1n) is 4.60. The molecule has 90 valence electrons. The summed E-state index contributed by atoms with van der Waals surface area (Å²) in [7, 11) is 0. The second-order valence-electron chi connectivity index (χ2n) is 3.42. The van der Waals surface area contributed by atoms with Crippen molar-refractivity contribution in [1.29, 1.82) is 0 Å². The van der Waals surface area contributed by atoms with Crippen molar-refractivity contribution in [1.82, 2.24) is 0 Å². The highest BCUT2D eigenvalue weighted by Crippen LogP contribution is 2.35. The van der Waals surface area contributed by atoms with Crippen molar-refractivity contribution in [3.05, 3.63) is 27.4 Å². The molecule has 17 heavy (non-hydrogen) atoms. The van der Waals surface area contributed by atoms with Crippen LogP contribution in [-0.4, -0.2) is 25.0 Å². The van der Waals surface area contributed by atoms with Gasteiger partial charge >= 0.3 is 11.9 Å². The standard InChI is InChI=1S/C10H6BrClFNO3/c11-6-1-5(13)2-7(12)10(6)14-3-8(15)17-9(16)4-14/h1-2H,3-4H2. The molecule has 0 amide bonds. The summed E-state index contributed by atoms with van der Waals surface area (Å²) < 4.78 is 17.8. The van der Waals surface area contributed by atoms with Gasteiger partial charge in [-0.3, -0.25) is 0 Å². The van der Waals surface area contributed by atoms with Gasteiger partial charge < -0.3 is 9.64 Å². The summed E-state index contributed by atoms with van der Waals surface area (Å²) in [4.78, 5) is 23.7. The molecule has 0 spiro atoms. The molecule has 0 radical (unpaired) electrons. The summed E-state index contributed by atoms with van der Waals surface area (Å²) in [6.45, 7) is -0.203. The fourth-order valence-corrected chi connectivity index (χ4v) is 2.68. The first kappa shape index (κ1) is 12.3. The zero-order valence-electron chi connectivity index (χ0n) is 8.37. The fourth-order valence-electron chi connectivity index (χ4n) is 1.55. The van der Waals surface area contributed by atoms with E-state index in [1.54, 1.807) is 0 Å². The topological polar surface area (TPSA) is 46.6 Å². The number of morpholine rings is 1. The third-order valence-electron chi connectivity index (χ3n) is 2.17. The van der Waals surface area contributed by atoms with Crippen LogP contribution in [0.4, 0.5) is 10.1 Å². The number of rotatable bonds is 1. The lowest BCUT2D eigenvalue weighted by Crippen LogP contribution is -2.43. The Morgan fingerprint density at radius 2 is 1.88 bits per heavy atom. The van der Waals surface area contributed by atoms with Crippen molar-refractivity contribution in [2.75, 3.05) is 18.0 Å². The normalized spacial score (nSPS) is 16.1. The molecule has 0 bridgehead atoms. The Balaban J connectivity index is 2.40. The molecule has 1 aliphatic heterocycles. The van der Waals surface area contributed by atoms with Crippen LogP contribution in [0, 0.1) is 5.82 Å². The summed E-state index contributed by atoms with van der Waals surface area (Å²) in [5.41, 5.74) is 0.401. The van der Waals surface area contributed by atoms with Crippen LogP contribution in [0.3, 0.4) is 0 Å². The van der Waals surface area contributed by atoms with Crippen LogP contribution in [-0.2, 0) is 14.3 Å². The minimum Gasteiger partial charge on any atom is -0.390 e. The largest absolute Gasteiger partial charge is 0.390 e. The number of benzene rings is 1. The molecule has 7 heteroatoms. The highest BCUT2D eigenvalue weighted by atomic mass is 79.9. The molecule has 0 unspecified atom stereocenters. The molecule has 1 aromatic rings. The van der Waals surface area contributed by atoms with Crippen LogP contribution in [0.25, 0.3) is 0 Å². The van der Waals surface area contributed by atoms with Gasteiger partial charge in [0, 0.05) is 4.47 Å². The lowest BCUT2D eigenvalue weighted by atomic mass is 10.2. The molecular weight excluding hydrogens is 316 g/mol. The highest BCUT2D eigenvalue weighted by Gasteiger charge is 2.27. The maximum atomic E-state index is 13.0. The molecule has 0 aromatic heterocycles. The van der Waals surface area contributed by atoms with Gasteiger partial charge in [0.05, 0.1) is 10.7 Å². The van der Waals surface area contributed by atoms with Crippen LogP contribution < -0.4 is 4.90 Å². The predicted octanol–water partition coefficient (Wildman–Crippen LogP) is 2.13. The van der Waals surface area contributed by atoms with E-state index in [9.17, 15) is 14.0 Å². The number of carbonyl (C=O) groups is 2. The zero-order valence-corrected chi connectivity index (χ0v) is 10.7. The van der Waals surface area contributed by atoms with Gasteiger partial charge in [0.15, 0.2) is 0 Å². The lowest BCUT2D eigenvalue weighted by Gasteiger charge is -2.27. The number of anilines is 1. The maximum Gasteiger partial charge on any atom is 0.333 e. The Bertz CT molecular complexity index is 469. The van der Waals surface area contributed by atoms with Gasteiger partial charge in [-0.1, -0.05) is 11.6 Å². The molecule has 2 rings (SSSR count). The maximum absolute atomic E-state index is 13.0. The Morgan fingerprint density at radius 3 is 2.41 bits per heavy atom. The molecule has 1 fully saturated rings. The van der Waals surface area contributed by atoms with Crippen molar-refractivity contribution in [2.24, 2.45) is 0 Å². The predicted molar refractivity (Wildman–Crippen MR) is 62.4 cm³/mol. The van der Waals surface area contributed by atoms with Crippen molar-refractivity contribution < 1.29 is 18.7 Å². The Hall–Kier alpha value is -1.14. The number of esters is 2. The van der Waals surface area contributed by atoms with E-state index in [-0.39, 0.29) is 18.1 Å². The van der Waals surface area contributed by atoms with Crippen molar-refractivity contribution >= 4 is 45.2 Å². The molecule has 1 saturated heterocycles. The van der Waals surface area contributed by atoms with E-state index in [2.05, 4.69) is 20.7 Å². The first-order valence-corrected chi connectivity index (χ1v) is 5.77. The smallest absolute Gasteiger partial charge is 0.333 e. The number of ether oxygens (including phenoxy) is 1. The monoisotopic (exact) mass is 321 g/mol. The minimum atomic E-state index is -0.659. The number of nitrogens with zero attached hydrogens (tertiary/aromatic N) is 1. The Kier molecular flexibility index (Phi) is 3.35. The quantitative estimate of drug-likeness (QED) is 0.587. The molecule has 0 saturated carbocycles. The van der Waals surface area contributed by atoms with E-state index in [4.69, 9.17) is 11.6 Å². The summed E-state index contributed by atoms with van der Waals surface area (Å²) in [5, 5.41) is 0.124. The van der Waals surface area contributed by atoms with Crippen LogP contribution in [0.5, 0.6) is 0 Å². The van der Waals surface area contributed by atoms with Crippen LogP contribution in [0.2, 0.25) is 5.02 Å². The van der Waals surface area contributed by atoms with E-state index in [1.807, 2.05) is 0 Å². The second-order valence-corrected chi connectivity index (χ2v) is 4.68. The van der Waals surface area contributed by atoms with Gasteiger partial charge in [-0.05, 0) is 28.1 Å². The van der Waals surface area contributed by atoms with E-state index >= 15 is 0 Å². The number of hydrogen-bond acceptors (Lipinski definition) is 4. The molecule has 1 heterocycles. The van der Waals surface area contributed by atoms with E-state index in [0.29, 0.717) is 10.2 Å². The molecule has 1 aromatic carbocycles. The number of halogens is 3. The van der Waals surface area contributed by atoms with E-state index < -0.39 is 17.8 Å². The summed E-state index contributed by atoms with van der Waals surface area (Å²) in [6, 6.07) is 2.33. The van der Waals surface area contributed by atoms with Gasteiger partial charge in [0.1, 0.15) is 18.9 Å². The fraction of sp³-hybridized carbons (Fsp3) is 0.200. The van der Waals surface area contributed by atoms with Crippen LogP contribution in [0.1, 0.15) is 0 Å². The van der Waals surface area contributed by atoms with E-state index in [1.165, 1.54) is 11.0 Å². The molecular formula is C10H6BrClFNO3. The molecule has 0 N–H and O–H groups in total. The highest BCUT2D eigenvalue weighted by molar-refractivity contribution is 9.10. The Labute approximate surface area is 109 Å². The van der Waals surface area contributed by atoms with Crippen molar-refractivity contribution in [2.45, 2.75) is 0 Å². The molecule has 1 aliphatic rings. The van der Waals surface area contributed by atoms with Crippen LogP contribution >= 0.6 is 27.5 Å². The molecule has 0 atom stereocenters. The summed E-state index contributed by atoms with van der Waals surface area (Å²) in [5.74, 6) is -1.82. The third kappa shape index (κ3) is 2.58. The first-order chi connectivity index (χ1) is 7.97. The van der Waals surface area contributed by atoms with Gasteiger partial charge in [0.2, 0.25) is 0 Å². The average molecular weight is 323 g/mol. The van der Waals surface area contributed by atoms with Gasteiger partial charge in [-0.15, -0.1) is 0 Å². The van der Waals surface area contributed by atoms with Gasteiger partial charge in [0.25, 0.3) is 0 Å². The SMILES string of the molecule is O=C1CN(c2c(Cl)cc(F)cc2Br)CC(=O)O1. The third-order valence-corrected chi connectivity index (χ3v) is 3.06. The van der Waals surface area contributed by atoms with Crippen LogP contribution in [0.15, 0.2) is 16.6 Å². The van der Waals surface area contributed by atoms with Gasteiger partial charge in [-0.25, -0.2) is 14.0 Å². The van der Waals surface area contributed by atoms with Crippen molar-refractivity contribution in [3.63, 3.8) is 0 Å². The summed E-state index contributed by atoms with van der Waals surface area (Å²) >= 11 is 9.03. The molecule has 4 nitrogen and oxygen atoms in total. The van der Waals surface area contributed by atoms with E-state index in [0.717, 1.165) is 6.07 Å². The number of cyclic esters (lactones) is 2. The minimum absolute atomic E-state index is 0.101. The average Bonchev–Trinajstić information content (AvgIpc) is 2.13. The molecule has 0 aliphatic carbocycles. The lowest BCUT2D eigenvalue weighted by molar-refractivity contribution is -0.160. The van der Waals surface area contributed by atoms with Crippen molar-refractivity contribution in [3.8, 4) is 0 Å².